The van der Waals surface area contributed by atoms with Gasteiger partial charge >= 0.3 is 0 Å². The molecular formula is C17H20N3O2S2+. The molecule has 1 aliphatic heterocycles. The van der Waals surface area contributed by atoms with Gasteiger partial charge in [-0.1, -0.05) is 6.07 Å². The number of quaternary nitrogens is 1. The van der Waals surface area contributed by atoms with Crippen LogP contribution >= 0.6 is 22.7 Å². The van der Waals surface area contributed by atoms with Crippen LogP contribution in [0.1, 0.15) is 19.7 Å². The van der Waals surface area contributed by atoms with Crippen LogP contribution in [0.15, 0.2) is 27.7 Å². The summed E-state index contributed by atoms with van der Waals surface area (Å²) in [6.45, 7) is 6.81. The number of fused-ring (bicyclic) bond motifs is 1. The van der Waals surface area contributed by atoms with E-state index in [2.05, 4.69) is 18.8 Å². The van der Waals surface area contributed by atoms with Gasteiger partial charge in [0.25, 0.3) is 5.56 Å². The van der Waals surface area contributed by atoms with Crippen molar-refractivity contribution in [3.05, 3.63) is 39.1 Å². The van der Waals surface area contributed by atoms with Crippen LogP contribution in [-0.2, 0) is 11.3 Å². The molecule has 1 unspecified atom stereocenters. The fourth-order valence-corrected chi connectivity index (χ4v) is 5.24. The highest BCUT2D eigenvalue weighted by Gasteiger charge is 2.26. The van der Waals surface area contributed by atoms with Gasteiger partial charge in [0.05, 0.1) is 5.39 Å². The first-order valence-corrected chi connectivity index (χ1v) is 9.89. The van der Waals surface area contributed by atoms with Crippen LogP contribution < -0.4 is 10.5 Å². The fraction of sp³-hybridized carbons (Fsp3) is 0.412. The number of aromatic amines is 1. The molecule has 1 aliphatic rings. The minimum atomic E-state index is -0.0339. The van der Waals surface area contributed by atoms with Gasteiger partial charge in [-0.2, -0.15) is 0 Å². The van der Waals surface area contributed by atoms with E-state index in [1.54, 1.807) is 22.7 Å². The molecule has 0 saturated carbocycles. The lowest BCUT2D eigenvalue weighted by molar-refractivity contribution is -0.928. The van der Waals surface area contributed by atoms with Gasteiger partial charge in [0, 0.05) is 15.8 Å². The highest BCUT2D eigenvalue weighted by Crippen LogP contribution is 2.33. The molecule has 7 heteroatoms. The zero-order valence-corrected chi connectivity index (χ0v) is 15.3. The van der Waals surface area contributed by atoms with Crippen LogP contribution in [0.2, 0.25) is 0 Å². The van der Waals surface area contributed by atoms with E-state index in [-0.39, 0.29) is 17.8 Å². The molecule has 4 rings (SSSR count). The lowest BCUT2D eigenvalue weighted by Gasteiger charge is -2.32. The summed E-state index contributed by atoms with van der Waals surface area (Å²) in [6.07, 6.45) is 0.484. The van der Waals surface area contributed by atoms with Gasteiger partial charge in [0.2, 0.25) is 0 Å². The summed E-state index contributed by atoms with van der Waals surface area (Å²) in [6, 6.07) is 4.05. The molecule has 2 N–H and O–H groups in total. The summed E-state index contributed by atoms with van der Waals surface area (Å²) < 4.78 is 5.78. The third kappa shape index (κ3) is 3.04. The average molecular weight is 363 g/mol. The van der Waals surface area contributed by atoms with Crippen molar-refractivity contribution in [2.75, 3.05) is 13.1 Å². The molecule has 126 valence electrons. The standard InChI is InChI=1S/C17H19N3O2S2/c1-10-6-20(7-11(2)22-10)8-14-18-16(21)15-12(9-24-17(15)19-14)13-4-3-5-23-13/h3-5,9-11H,6-8H2,1-2H3,(H,18,19,21)/p+1/t10-,11+. The van der Waals surface area contributed by atoms with Gasteiger partial charge in [0.1, 0.15) is 36.7 Å². The van der Waals surface area contributed by atoms with Crippen LogP contribution in [0, 0.1) is 0 Å². The summed E-state index contributed by atoms with van der Waals surface area (Å²) in [5, 5.41) is 4.78. The lowest BCUT2D eigenvalue weighted by Crippen LogP contribution is -3.14. The molecule has 3 aromatic rings. The third-order valence-electron chi connectivity index (χ3n) is 4.31. The van der Waals surface area contributed by atoms with Gasteiger partial charge < -0.3 is 14.6 Å². The highest BCUT2D eigenvalue weighted by molar-refractivity contribution is 7.18. The number of ether oxygens (including phenoxy) is 1. The molecule has 1 saturated heterocycles. The summed E-state index contributed by atoms with van der Waals surface area (Å²) >= 11 is 3.19. The molecule has 0 bridgehead atoms. The van der Waals surface area contributed by atoms with Gasteiger partial charge in [-0.3, -0.25) is 4.79 Å². The maximum atomic E-state index is 12.6. The minimum Gasteiger partial charge on any atom is -0.364 e. The SMILES string of the molecule is C[C@@H]1C[NH+](Cc2nc3scc(-c4cccs4)c3c(=O)[nH]2)C[C@H](C)O1. The Morgan fingerprint density at radius 2 is 2.12 bits per heavy atom. The molecule has 24 heavy (non-hydrogen) atoms. The predicted octanol–water partition coefficient (Wildman–Crippen LogP) is 1.91. The Labute approximate surface area is 147 Å². The van der Waals surface area contributed by atoms with Crippen molar-refractivity contribution in [1.29, 1.82) is 0 Å². The van der Waals surface area contributed by atoms with Crippen molar-refractivity contribution in [3.63, 3.8) is 0 Å². The summed E-state index contributed by atoms with van der Waals surface area (Å²) in [5.41, 5.74) is 0.958. The number of nitrogens with zero attached hydrogens (tertiary/aromatic N) is 1. The van der Waals surface area contributed by atoms with E-state index in [4.69, 9.17) is 9.72 Å². The van der Waals surface area contributed by atoms with Crippen LogP contribution in [0.4, 0.5) is 0 Å². The van der Waals surface area contributed by atoms with Gasteiger partial charge in [-0.05, 0) is 25.3 Å². The Morgan fingerprint density at radius 1 is 1.33 bits per heavy atom. The number of thiophene rings is 2. The Hall–Kier alpha value is -1.54. The number of nitrogens with one attached hydrogen (secondary N) is 2. The molecule has 0 amide bonds. The van der Waals surface area contributed by atoms with Crippen molar-refractivity contribution in [2.24, 2.45) is 0 Å². The first-order valence-electron chi connectivity index (χ1n) is 8.13. The number of aromatic nitrogens is 2. The van der Waals surface area contributed by atoms with Crippen LogP contribution in [0.3, 0.4) is 0 Å². The van der Waals surface area contributed by atoms with Crippen LogP contribution in [-0.4, -0.2) is 35.3 Å². The number of H-pyrrole nitrogens is 1. The molecule has 0 spiro atoms. The lowest BCUT2D eigenvalue weighted by atomic mass is 10.2. The largest absolute Gasteiger partial charge is 0.364 e. The normalized spacial score (nSPS) is 24.5. The average Bonchev–Trinajstić information content (AvgIpc) is 3.14. The molecule has 0 aliphatic carbocycles. The number of rotatable bonds is 3. The van der Waals surface area contributed by atoms with E-state index in [0.29, 0.717) is 5.39 Å². The Bertz CT molecular complexity index is 890. The van der Waals surface area contributed by atoms with Crippen molar-refractivity contribution < 1.29 is 9.64 Å². The zero-order valence-electron chi connectivity index (χ0n) is 13.7. The van der Waals surface area contributed by atoms with Crippen LogP contribution in [0.5, 0.6) is 0 Å². The first kappa shape index (κ1) is 16.0. The molecule has 4 heterocycles. The first-order chi connectivity index (χ1) is 11.6. The molecule has 3 atom stereocenters. The second kappa shape index (κ2) is 6.40. The smallest absolute Gasteiger partial charge is 0.260 e. The molecule has 5 nitrogen and oxygen atoms in total. The maximum Gasteiger partial charge on any atom is 0.260 e. The number of morpholine rings is 1. The second-order valence-corrected chi connectivity index (χ2v) is 8.22. The van der Waals surface area contributed by atoms with E-state index in [1.165, 1.54) is 4.90 Å². The van der Waals surface area contributed by atoms with Crippen LogP contribution in [0.25, 0.3) is 20.7 Å². The monoisotopic (exact) mass is 362 g/mol. The molecule has 1 fully saturated rings. The minimum absolute atomic E-state index is 0.0339. The second-order valence-electron chi connectivity index (χ2n) is 6.41. The topological polar surface area (TPSA) is 59.4 Å². The maximum absolute atomic E-state index is 12.6. The summed E-state index contributed by atoms with van der Waals surface area (Å²) in [5.74, 6) is 0.767. The van der Waals surface area contributed by atoms with Gasteiger partial charge in [0.15, 0.2) is 5.82 Å². The predicted molar refractivity (Wildman–Crippen MR) is 98.0 cm³/mol. The molecule has 3 aromatic heterocycles. The summed E-state index contributed by atoms with van der Waals surface area (Å²) in [7, 11) is 0. The van der Waals surface area contributed by atoms with Crippen molar-refractivity contribution in [2.45, 2.75) is 32.6 Å². The summed E-state index contributed by atoms with van der Waals surface area (Å²) in [4.78, 5) is 23.7. The van der Waals surface area contributed by atoms with Crippen molar-refractivity contribution in [1.82, 2.24) is 9.97 Å². The van der Waals surface area contributed by atoms with E-state index in [9.17, 15) is 4.79 Å². The van der Waals surface area contributed by atoms with E-state index in [1.807, 2.05) is 22.9 Å². The van der Waals surface area contributed by atoms with E-state index in [0.717, 1.165) is 40.7 Å². The Balaban J connectivity index is 1.65. The Kier molecular flexibility index (Phi) is 4.26. The quantitative estimate of drug-likeness (QED) is 0.748. The van der Waals surface area contributed by atoms with Gasteiger partial charge in [-0.25, -0.2) is 4.98 Å². The Morgan fingerprint density at radius 3 is 2.83 bits per heavy atom. The molecular weight excluding hydrogens is 342 g/mol. The number of hydrogen-bond acceptors (Lipinski definition) is 5. The molecule has 0 radical (unpaired) electrons. The van der Waals surface area contributed by atoms with Crippen molar-refractivity contribution in [3.8, 4) is 10.4 Å². The molecule has 0 aromatic carbocycles. The fourth-order valence-electron chi connectivity index (χ4n) is 3.46. The highest BCUT2D eigenvalue weighted by atomic mass is 32.1. The van der Waals surface area contributed by atoms with E-state index >= 15 is 0 Å². The van der Waals surface area contributed by atoms with Crippen molar-refractivity contribution >= 4 is 32.9 Å². The zero-order chi connectivity index (χ0) is 16.7. The van der Waals surface area contributed by atoms with E-state index < -0.39 is 0 Å². The third-order valence-corrected chi connectivity index (χ3v) is 6.09. The van der Waals surface area contributed by atoms with Gasteiger partial charge in [-0.15, -0.1) is 22.7 Å². The number of hydrogen-bond donors (Lipinski definition) is 2.